The number of nitrogens with zero attached hydrogens (tertiary/aromatic N) is 4. The first-order valence-electron chi connectivity index (χ1n) is 9.37. The van der Waals surface area contributed by atoms with Crippen LogP contribution in [-0.4, -0.2) is 70.8 Å². The first-order valence-corrected chi connectivity index (χ1v) is 9.37. The molecule has 25 heavy (non-hydrogen) atoms. The molecule has 0 radical (unpaired) electrons. The van der Waals surface area contributed by atoms with Crippen molar-refractivity contribution in [1.29, 1.82) is 0 Å². The van der Waals surface area contributed by atoms with Crippen molar-refractivity contribution in [3.63, 3.8) is 0 Å². The number of likely N-dealkylation sites (tertiary alicyclic amines) is 1. The van der Waals surface area contributed by atoms with Crippen LogP contribution in [0.5, 0.6) is 0 Å². The Labute approximate surface area is 149 Å². The summed E-state index contributed by atoms with van der Waals surface area (Å²) in [5.74, 6) is 0.203. The highest BCUT2D eigenvalue weighted by Crippen LogP contribution is 2.12. The van der Waals surface area contributed by atoms with Crippen LogP contribution < -0.4 is 0 Å². The van der Waals surface area contributed by atoms with Gasteiger partial charge in [-0.25, -0.2) is 0 Å². The van der Waals surface area contributed by atoms with E-state index in [1.54, 1.807) is 4.90 Å². The van der Waals surface area contributed by atoms with Crippen molar-refractivity contribution >= 4 is 11.8 Å². The first-order chi connectivity index (χ1) is 12.2. The van der Waals surface area contributed by atoms with Crippen molar-refractivity contribution in [1.82, 2.24) is 19.7 Å². The Morgan fingerprint density at radius 1 is 1.12 bits per heavy atom. The van der Waals surface area contributed by atoms with Crippen LogP contribution in [0.3, 0.4) is 0 Å². The van der Waals surface area contributed by atoms with Gasteiger partial charge in [0.2, 0.25) is 11.8 Å². The standard InChI is InChI=1S/C19H28N4O2/c1-2-16-6-7-17(20-13-16)14-21-8-4-10-22(12-11-21)19(25)15-23-9-3-5-18(23)24/h6-7,13H,2-5,8-12,14-15H2,1H3. The first kappa shape index (κ1) is 17.9. The summed E-state index contributed by atoms with van der Waals surface area (Å²) in [7, 11) is 0. The van der Waals surface area contributed by atoms with Crippen molar-refractivity contribution < 1.29 is 9.59 Å². The molecule has 136 valence electrons. The van der Waals surface area contributed by atoms with E-state index >= 15 is 0 Å². The third kappa shape index (κ3) is 4.78. The van der Waals surface area contributed by atoms with Gasteiger partial charge in [-0.2, -0.15) is 0 Å². The molecule has 2 aliphatic rings. The summed E-state index contributed by atoms with van der Waals surface area (Å²) in [4.78, 5) is 34.7. The second-order valence-electron chi connectivity index (χ2n) is 6.94. The third-order valence-corrected chi connectivity index (χ3v) is 5.12. The molecule has 0 aromatic carbocycles. The molecule has 2 aliphatic heterocycles. The SMILES string of the molecule is CCc1ccc(CN2CCCN(C(=O)CN3CCCC3=O)CC2)nc1. The van der Waals surface area contributed by atoms with Gasteiger partial charge >= 0.3 is 0 Å². The van der Waals surface area contributed by atoms with Crippen molar-refractivity contribution in [2.75, 3.05) is 39.3 Å². The Kier molecular flexibility index (Phi) is 6.02. The Bertz CT molecular complexity index is 602. The lowest BCUT2D eigenvalue weighted by Gasteiger charge is -2.24. The highest BCUT2D eigenvalue weighted by Gasteiger charge is 2.26. The molecule has 0 aliphatic carbocycles. The predicted octanol–water partition coefficient (Wildman–Crippen LogP) is 1.30. The average molecular weight is 344 g/mol. The van der Waals surface area contributed by atoms with Gasteiger partial charge in [-0.05, 0) is 30.9 Å². The zero-order valence-corrected chi connectivity index (χ0v) is 15.1. The Morgan fingerprint density at radius 3 is 2.68 bits per heavy atom. The minimum absolute atomic E-state index is 0.0857. The molecule has 1 aromatic heterocycles. The van der Waals surface area contributed by atoms with E-state index < -0.39 is 0 Å². The molecule has 0 N–H and O–H groups in total. The molecule has 0 bridgehead atoms. The molecule has 6 nitrogen and oxygen atoms in total. The predicted molar refractivity (Wildman–Crippen MR) is 95.9 cm³/mol. The molecule has 2 fully saturated rings. The number of rotatable bonds is 5. The van der Waals surface area contributed by atoms with Gasteiger partial charge in [0, 0.05) is 51.9 Å². The van der Waals surface area contributed by atoms with Crippen LogP contribution in [0.15, 0.2) is 18.3 Å². The van der Waals surface area contributed by atoms with Gasteiger partial charge in [-0.3, -0.25) is 19.5 Å². The van der Waals surface area contributed by atoms with E-state index in [0.29, 0.717) is 6.42 Å². The second kappa shape index (κ2) is 8.43. The number of pyridine rings is 1. The maximum Gasteiger partial charge on any atom is 0.242 e. The van der Waals surface area contributed by atoms with Gasteiger partial charge in [0.1, 0.15) is 0 Å². The molecule has 3 heterocycles. The van der Waals surface area contributed by atoms with Crippen molar-refractivity contribution in [2.24, 2.45) is 0 Å². The summed E-state index contributed by atoms with van der Waals surface area (Å²) in [6.45, 7) is 7.28. The summed E-state index contributed by atoms with van der Waals surface area (Å²) in [6.07, 6.45) is 5.39. The van der Waals surface area contributed by atoms with Gasteiger partial charge in [0.05, 0.1) is 12.2 Å². The molecule has 2 amide bonds. The molecule has 0 atom stereocenters. The highest BCUT2D eigenvalue weighted by molar-refractivity contribution is 5.85. The largest absolute Gasteiger partial charge is 0.340 e. The minimum Gasteiger partial charge on any atom is -0.340 e. The van der Waals surface area contributed by atoms with Crippen molar-refractivity contribution in [2.45, 2.75) is 39.2 Å². The fourth-order valence-electron chi connectivity index (χ4n) is 3.50. The van der Waals surface area contributed by atoms with Gasteiger partial charge in [0.15, 0.2) is 0 Å². The van der Waals surface area contributed by atoms with Crippen LogP contribution in [0.1, 0.15) is 37.4 Å². The molecule has 2 saturated heterocycles. The number of aryl methyl sites for hydroxylation is 1. The van der Waals surface area contributed by atoms with Gasteiger partial charge in [-0.1, -0.05) is 13.0 Å². The summed E-state index contributed by atoms with van der Waals surface area (Å²) < 4.78 is 0. The van der Waals surface area contributed by atoms with Crippen LogP contribution in [-0.2, 0) is 22.6 Å². The topological polar surface area (TPSA) is 56.8 Å². The van der Waals surface area contributed by atoms with Gasteiger partial charge in [0.25, 0.3) is 0 Å². The summed E-state index contributed by atoms with van der Waals surface area (Å²) in [5, 5.41) is 0. The molecule has 6 heteroatoms. The van der Waals surface area contributed by atoms with Crippen LogP contribution in [0, 0.1) is 0 Å². The van der Waals surface area contributed by atoms with Crippen LogP contribution in [0.4, 0.5) is 0 Å². The Morgan fingerprint density at radius 2 is 2.00 bits per heavy atom. The number of carbonyl (C=O) groups excluding carboxylic acids is 2. The van der Waals surface area contributed by atoms with E-state index in [4.69, 9.17) is 0 Å². The lowest BCUT2D eigenvalue weighted by atomic mass is 10.2. The van der Waals surface area contributed by atoms with Crippen molar-refractivity contribution in [3.8, 4) is 0 Å². The maximum absolute atomic E-state index is 12.5. The molecular weight excluding hydrogens is 316 g/mol. The molecule has 0 spiro atoms. The van der Waals surface area contributed by atoms with E-state index in [1.807, 2.05) is 11.1 Å². The average Bonchev–Trinajstić information content (AvgIpc) is 2.88. The van der Waals surface area contributed by atoms with E-state index in [0.717, 1.165) is 64.2 Å². The molecule has 1 aromatic rings. The number of aromatic nitrogens is 1. The normalized spacial score (nSPS) is 19.3. The molecule has 3 rings (SSSR count). The fraction of sp³-hybridized carbons (Fsp3) is 0.632. The maximum atomic E-state index is 12.5. The van der Waals surface area contributed by atoms with Crippen LogP contribution in [0.25, 0.3) is 0 Å². The minimum atomic E-state index is 0.0857. The monoisotopic (exact) mass is 344 g/mol. The lowest BCUT2D eigenvalue weighted by molar-refractivity contribution is -0.138. The molecular formula is C19H28N4O2. The van der Waals surface area contributed by atoms with E-state index in [9.17, 15) is 9.59 Å². The quantitative estimate of drug-likeness (QED) is 0.808. The van der Waals surface area contributed by atoms with E-state index in [2.05, 4.69) is 28.9 Å². The number of hydrogen-bond donors (Lipinski definition) is 0. The van der Waals surface area contributed by atoms with Gasteiger partial charge in [-0.15, -0.1) is 0 Å². The summed E-state index contributed by atoms with van der Waals surface area (Å²) >= 11 is 0. The van der Waals surface area contributed by atoms with Crippen LogP contribution in [0.2, 0.25) is 0 Å². The number of amides is 2. The third-order valence-electron chi connectivity index (χ3n) is 5.12. The van der Waals surface area contributed by atoms with Crippen molar-refractivity contribution in [3.05, 3.63) is 29.6 Å². The van der Waals surface area contributed by atoms with Crippen LogP contribution >= 0.6 is 0 Å². The zero-order valence-electron chi connectivity index (χ0n) is 15.1. The Balaban J connectivity index is 1.49. The van der Waals surface area contributed by atoms with E-state index in [1.165, 1.54) is 5.56 Å². The zero-order chi connectivity index (χ0) is 17.6. The molecule has 0 unspecified atom stereocenters. The second-order valence-corrected chi connectivity index (χ2v) is 6.94. The summed E-state index contributed by atoms with van der Waals surface area (Å²) in [5.41, 5.74) is 2.34. The number of carbonyl (C=O) groups is 2. The highest BCUT2D eigenvalue weighted by atomic mass is 16.2. The summed E-state index contributed by atoms with van der Waals surface area (Å²) in [6, 6.07) is 4.24. The van der Waals surface area contributed by atoms with E-state index in [-0.39, 0.29) is 18.4 Å². The smallest absolute Gasteiger partial charge is 0.242 e. The lowest BCUT2D eigenvalue weighted by Crippen LogP contribution is -2.42. The Hall–Kier alpha value is -1.95. The molecule has 0 saturated carbocycles. The number of hydrogen-bond acceptors (Lipinski definition) is 4. The van der Waals surface area contributed by atoms with Gasteiger partial charge < -0.3 is 9.80 Å². The fourth-order valence-corrected chi connectivity index (χ4v) is 3.50.